The van der Waals surface area contributed by atoms with Crippen LogP contribution in [0.4, 0.5) is 0 Å². The number of aromatic nitrogens is 1. The summed E-state index contributed by atoms with van der Waals surface area (Å²) in [7, 11) is -2.82. The molecule has 1 saturated heterocycles. The maximum Gasteiger partial charge on any atom is 0.261 e. The van der Waals surface area contributed by atoms with Crippen LogP contribution in [0, 0.1) is 5.92 Å². The van der Waals surface area contributed by atoms with Crippen molar-refractivity contribution in [3.8, 4) is 0 Å². The van der Waals surface area contributed by atoms with Crippen molar-refractivity contribution in [3.63, 3.8) is 0 Å². The van der Waals surface area contributed by atoms with Crippen LogP contribution in [-0.4, -0.2) is 36.8 Å². The molecule has 0 aliphatic carbocycles. The molecular weight excluding hydrogens is 603 g/mol. The number of carbonyl (C=O) groups is 1. The van der Waals surface area contributed by atoms with Crippen molar-refractivity contribution in [3.05, 3.63) is 125 Å². The molecule has 5 rings (SSSR count). The first-order valence-electron chi connectivity index (χ1n) is 15.5. The van der Waals surface area contributed by atoms with Gasteiger partial charge in [0.15, 0.2) is 0 Å². The summed E-state index contributed by atoms with van der Waals surface area (Å²) in [6, 6.07) is 32.7. The van der Waals surface area contributed by atoms with Crippen molar-refractivity contribution in [1.29, 1.82) is 0 Å². The fourth-order valence-electron chi connectivity index (χ4n) is 6.95. The largest absolute Gasteiger partial charge is 0.405 e. The van der Waals surface area contributed by atoms with E-state index in [0.29, 0.717) is 23.1 Å². The number of hydrogen-bond donors (Lipinski definition) is 0. The van der Waals surface area contributed by atoms with E-state index in [4.69, 9.17) is 32.6 Å². The molecule has 7 heteroatoms. The van der Waals surface area contributed by atoms with Crippen molar-refractivity contribution < 1.29 is 9.22 Å². The van der Waals surface area contributed by atoms with Crippen molar-refractivity contribution in [2.75, 3.05) is 6.61 Å². The Bertz CT molecular complexity index is 1500. The fourth-order valence-corrected chi connectivity index (χ4v) is 11.9. The summed E-state index contributed by atoms with van der Waals surface area (Å²) < 4.78 is 7.40. The van der Waals surface area contributed by atoms with Gasteiger partial charge < -0.3 is 9.33 Å². The molecule has 0 N–H and O–H groups in total. The number of likely N-dealkylation sites (tertiary alicyclic amines) is 1. The molecule has 4 aromatic rings. The highest BCUT2D eigenvalue weighted by Crippen LogP contribution is 2.46. The molecule has 44 heavy (non-hydrogen) atoms. The minimum Gasteiger partial charge on any atom is -0.405 e. The molecule has 1 aromatic heterocycles. The zero-order chi connectivity index (χ0) is 31.5. The third-order valence-electron chi connectivity index (χ3n) is 9.07. The Kier molecular flexibility index (Phi) is 10.0. The van der Waals surface area contributed by atoms with E-state index < -0.39 is 8.32 Å². The standard InChI is InChI=1S/C37H42Cl2N2O2Si/c1-6-30(25-43-44(37(3,4)5,31-16-9-7-10-17-31)32-18-11-8-12-19-32)41-35(34-21-20-29(39)24-40-34)33(22-26(2)36(41)42)27-14-13-15-28(38)23-27/h7-21,23-24,26,30,33,35H,6,22,25H2,1-5H3/t26?,30?,33-,35+/m1/s1. The molecule has 4 atom stereocenters. The Balaban J connectivity index is 1.61. The van der Waals surface area contributed by atoms with Gasteiger partial charge in [0.05, 0.1) is 29.4 Å². The maximum absolute atomic E-state index is 14.3. The van der Waals surface area contributed by atoms with Crippen LogP contribution in [0.5, 0.6) is 0 Å². The summed E-state index contributed by atoms with van der Waals surface area (Å²) in [5.74, 6) is -0.0237. The van der Waals surface area contributed by atoms with Gasteiger partial charge in [0.25, 0.3) is 8.32 Å². The van der Waals surface area contributed by atoms with Crippen molar-refractivity contribution in [2.45, 2.75) is 70.5 Å². The van der Waals surface area contributed by atoms with Gasteiger partial charge >= 0.3 is 0 Å². The van der Waals surface area contributed by atoms with Crippen LogP contribution in [0.25, 0.3) is 0 Å². The smallest absolute Gasteiger partial charge is 0.261 e. The molecule has 1 fully saturated rings. The van der Waals surface area contributed by atoms with Crippen LogP contribution in [0.15, 0.2) is 103 Å². The number of benzene rings is 3. The van der Waals surface area contributed by atoms with Crippen LogP contribution in [0.3, 0.4) is 0 Å². The summed E-state index contributed by atoms with van der Waals surface area (Å²) in [5, 5.41) is 3.52. The van der Waals surface area contributed by atoms with Crippen LogP contribution < -0.4 is 10.4 Å². The normalized spacial score (nSPS) is 20.0. The number of piperidine rings is 1. The first kappa shape index (κ1) is 32.4. The molecule has 0 radical (unpaired) electrons. The second-order valence-electron chi connectivity index (χ2n) is 12.9. The molecule has 2 heterocycles. The summed E-state index contributed by atoms with van der Waals surface area (Å²) >= 11 is 12.8. The van der Waals surface area contributed by atoms with Gasteiger partial charge in [-0.2, -0.15) is 0 Å². The van der Waals surface area contributed by atoms with Crippen LogP contribution in [0.1, 0.15) is 70.7 Å². The minimum absolute atomic E-state index is 0.0111. The molecule has 230 valence electrons. The second-order valence-corrected chi connectivity index (χ2v) is 18.1. The number of halogens is 2. The number of nitrogens with zero attached hydrogens (tertiary/aromatic N) is 2. The average Bonchev–Trinajstić information content (AvgIpc) is 3.02. The van der Waals surface area contributed by atoms with Gasteiger partial charge in [0.2, 0.25) is 5.91 Å². The summed E-state index contributed by atoms with van der Waals surface area (Å²) in [5.41, 5.74) is 1.93. The van der Waals surface area contributed by atoms with E-state index in [1.807, 2.05) is 37.3 Å². The minimum atomic E-state index is -2.82. The Morgan fingerprint density at radius 1 is 0.909 bits per heavy atom. The zero-order valence-electron chi connectivity index (χ0n) is 26.2. The number of rotatable bonds is 9. The molecule has 1 amide bonds. The first-order valence-corrected chi connectivity index (χ1v) is 18.2. The number of hydrogen-bond acceptors (Lipinski definition) is 3. The lowest BCUT2D eigenvalue weighted by Crippen LogP contribution is -2.67. The third kappa shape index (κ3) is 6.39. The quantitative estimate of drug-likeness (QED) is 0.172. The van der Waals surface area contributed by atoms with E-state index in [9.17, 15) is 4.79 Å². The molecule has 1 aliphatic heterocycles. The molecule has 0 spiro atoms. The van der Waals surface area contributed by atoms with Crippen molar-refractivity contribution in [2.24, 2.45) is 5.92 Å². The topological polar surface area (TPSA) is 42.4 Å². The number of carbonyl (C=O) groups excluding carboxylic acids is 1. The fraction of sp³-hybridized carbons (Fsp3) is 0.351. The van der Waals surface area contributed by atoms with E-state index in [1.165, 1.54) is 10.4 Å². The molecule has 1 aliphatic rings. The van der Waals surface area contributed by atoms with Crippen molar-refractivity contribution >= 4 is 47.8 Å². The summed E-state index contributed by atoms with van der Waals surface area (Å²) in [4.78, 5) is 21.1. The first-order chi connectivity index (χ1) is 21.1. The summed E-state index contributed by atoms with van der Waals surface area (Å²) in [6.07, 6.45) is 3.12. The SMILES string of the molecule is CCC(CO[Si](c1ccccc1)(c1ccccc1)C(C)(C)C)N1C(=O)C(C)C[C@H](c2cccc(Cl)c2)[C@H]1c1ccc(Cl)cn1. The Hall–Kier alpha value is -2.96. The lowest BCUT2D eigenvalue weighted by atomic mass is 9.76. The highest BCUT2D eigenvalue weighted by Gasteiger charge is 2.51. The van der Waals surface area contributed by atoms with Gasteiger partial charge in [-0.3, -0.25) is 9.78 Å². The van der Waals surface area contributed by atoms with E-state index >= 15 is 0 Å². The molecule has 3 aromatic carbocycles. The number of amides is 1. The van der Waals surface area contributed by atoms with Gasteiger partial charge in [0.1, 0.15) is 0 Å². The highest BCUT2D eigenvalue weighted by molar-refractivity contribution is 6.99. The molecular formula is C37H42Cl2N2O2Si. The van der Waals surface area contributed by atoms with Crippen molar-refractivity contribution in [1.82, 2.24) is 9.88 Å². The number of pyridine rings is 1. The van der Waals surface area contributed by atoms with Gasteiger partial charge in [-0.1, -0.05) is 131 Å². The Labute approximate surface area is 273 Å². The van der Waals surface area contributed by atoms with Gasteiger partial charge in [-0.15, -0.1) is 0 Å². The van der Waals surface area contributed by atoms with Crippen LogP contribution in [0.2, 0.25) is 15.1 Å². The van der Waals surface area contributed by atoms with E-state index in [1.54, 1.807) is 6.20 Å². The van der Waals surface area contributed by atoms with Gasteiger partial charge in [-0.25, -0.2) is 0 Å². The molecule has 0 saturated carbocycles. The van der Waals surface area contributed by atoms with Gasteiger partial charge in [0, 0.05) is 23.1 Å². The predicted octanol–water partition coefficient (Wildman–Crippen LogP) is 8.44. The summed E-state index contributed by atoms with van der Waals surface area (Å²) in [6.45, 7) is 11.4. The maximum atomic E-state index is 14.3. The molecule has 4 nitrogen and oxygen atoms in total. The van der Waals surface area contributed by atoms with E-state index in [-0.39, 0.29) is 34.9 Å². The molecule has 2 unspecified atom stereocenters. The molecule has 0 bridgehead atoms. The Morgan fingerprint density at radius 3 is 2.07 bits per heavy atom. The van der Waals surface area contributed by atoms with Gasteiger partial charge in [-0.05, 0) is 58.1 Å². The van der Waals surface area contributed by atoms with E-state index in [0.717, 1.165) is 17.7 Å². The lowest BCUT2D eigenvalue weighted by Gasteiger charge is -2.49. The zero-order valence-corrected chi connectivity index (χ0v) is 28.7. The Morgan fingerprint density at radius 2 is 1.55 bits per heavy atom. The second kappa shape index (κ2) is 13.6. The predicted molar refractivity (Wildman–Crippen MR) is 184 cm³/mol. The van der Waals surface area contributed by atoms with E-state index in [2.05, 4.69) is 99.3 Å². The highest BCUT2D eigenvalue weighted by atomic mass is 35.5. The van der Waals surface area contributed by atoms with Crippen LogP contribution >= 0.6 is 23.2 Å². The third-order valence-corrected chi connectivity index (χ3v) is 14.5. The van der Waals surface area contributed by atoms with Crippen LogP contribution in [-0.2, 0) is 9.22 Å². The lowest BCUT2D eigenvalue weighted by molar-refractivity contribution is -0.147. The average molecular weight is 646 g/mol. The monoisotopic (exact) mass is 644 g/mol.